The Morgan fingerprint density at radius 2 is 1.61 bits per heavy atom. The lowest BCUT2D eigenvalue weighted by Crippen LogP contribution is -2.52. The predicted octanol–water partition coefficient (Wildman–Crippen LogP) is 7.27. The molecule has 44 heavy (non-hydrogen) atoms. The van der Waals surface area contributed by atoms with Crippen LogP contribution in [0.5, 0.6) is 17.2 Å². The number of methoxy groups -OCH3 is 3. The number of carbonyl (C=O) groups is 1. The number of amides is 2. The molecule has 0 aromatic heterocycles. The predicted molar refractivity (Wildman–Crippen MR) is 180 cm³/mol. The zero-order valence-electron chi connectivity index (χ0n) is 27.7. The fraction of sp³-hybridized carbons (Fsp3) is 0.618. The molecule has 243 valence electrons. The number of benzene rings is 2. The topological polar surface area (TPSA) is 81.3 Å². The van der Waals surface area contributed by atoms with Crippen LogP contribution in [0.25, 0.3) is 0 Å². The minimum Gasteiger partial charge on any atom is -0.493 e. The molecule has 10 heteroatoms. The molecule has 0 bridgehead atoms. The van der Waals surface area contributed by atoms with Crippen molar-refractivity contribution in [1.29, 1.82) is 0 Å². The molecule has 2 aromatic rings. The molecule has 2 aromatic carbocycles. The molecule has 2 amide bonds. The summed E-state index contributed by atoms with van der Waals surface area (Å²) in [6, 6.07) is 11.8. The second-order valence-electron chi connectivity index (χ2n) is 13.5. The van der Waals surface area contributed by atoms with Crippen molar-refractivity contribution in [2.45, 2.75) is 84.2 Å². The fourth-order valence-electron chi connectivity index (χ4n) is 7.03. The van der Waals surface area contributed by atoms with Crippen molar-refractivity contribution in [3.8, 4) is 17.2 Å². The first-order valence-electron chi connectivity index (χ1n) is 15.7. The molecule has 1 aliphatic heterocycles. The molecule has 0 spiro atoms. The van der Waals surface area contributed by atoms with Crippen LogP contribution in [0.15, 0.2) is 36.4 Å². The van der Waals surface area contributed by atoms with E-state index in [0.717, 1.165) is 50.2 Å². The number of nitrogens with zero attached hydrogens (tertiary/aromatic N) is 1. The summed E-state index contributed by atoms with van der Waals surface area (Å²) < 4.78 is 23.1. The van der Waals surface area contributed by atoms with Crippen LogP contribution < -0.4 is 24.8 Å². The van der Waals surface area contributed by atoms with Crippen LogP contribution in [0.4, 0.5) is 10.5 Å². The van der Waals surface area contributed by atoms with Crippen LogP contribution >= 0.6 is 11.6 Å². The summed E-state index contributed by atoms with van der Waals surface area (Å²) in [7, 11) is 3.81. The van der Waals surface area contributed by atoms with Crippen molar-refractivity contribution in [3.63, 3.8) is 0 Å². The van der Waals surface area contributed by atoms with Crippen LogP contribution in [0.3, 0.4) is 0 Å². The van der Waals surface area contributed by atoms with Crippen molar-refractivity contribution in [2.24, 2.45) is 17.3 Å². The number of rotatable bonds is 11. The number of hydrogen-bond donors (Lipinski definition) is 2. The molecule has 2 N–H and O–H groups in total. The van der Waals surface area contributed by atoms with Gasteiger partial charge in [-0.05, 0) is 93.2 Å². The van der Waals surface area contributed by atoms with E-state index in [0.29, 0.717) is 34.8 Å². The van der Waals surface area contributed by atoms with Crippen LogP contribution in [0.2, 0.25) is 18.1 Å². The fourth-order valence-corrected chi connectivity index (χ4v) is 8.21. The average Bonchev–Trinajstić information content (AvgIpc) is 3.38. The number of urea groups is 1. The molecule has 1 aliphatic carbocycles. The van der Waals surface area contributed by atoms with Gasteiger partial charge in [0, 0.05) is 29.2 Å². The number of hydrogen-bond acceptors (Lipinski definition) is 6. The second kappa shape index (κ2) is 15.2. The highest BCUT2D eigenvalue weighted by Crippen LogP contribution is 2.42. The minimum atomic E-state index is -0.888. The number of carbonyl (C=O) groups excluding carboxylic acids is 1. The van der Waals surface area contributed by atoms with Crippen LogP contribution in [-0.4, -0.2) is 72.6 Å². The standard InChI is InChI=1S/C34H51ClN3O5Si/c1-34(2,3)32(43-44(7)8)24-18-27(37-33(39)36-26-20-29(40-4)31(42-6)30(21-26)41-5)28(19-24)38-15-13-23(14-16-38)17-22-9-11-25(35)12-10-22/h9-12,20-21,23-24,27-28,32H,13-19H2,1-8H3,(H2,36,37,39)/t24-,27+,28+,32?/m0/s1. The minimum absolute atomic E-state index is 0.00712. The first-order chi connectivity index (χ1) is 20.9. The summed E-state index contributed by atoms with van der Waals surface area (Å²) in [5, 5.41) is 7.16. The van der Waals surface area contributed by atoms with E-state index in [1.807, 2.05) is 12.1 Å². The first kappa shape index (κ1) is 34.4. The summed E-state index contributed by atoms with van der Waals surface area (Å²) in [6.07, 6.45) is 5.40. The Balaban J connectivity index is 1.49. The van der Waals surface area contributed by atoms with Crippen molar-refractivity contribution in [3.05, 3.63) is 47.0 Å². The van der Waals surface area contributed by atoms with Gasteiger partial charge in [-0.3, -0.25) is 4.90 Å². The average molecular weight is 645 g/mol. The number of ether oxygens (including phenoxy) is 3. The number of nitrogens with one attached hydrogen (secondary N) is 2. The van der Waals surface area contributed by atoms with Crippen molar-refractivity contribution in [2.75, 3.05) is 39.7 Å². The highest BCUT2D eigenvalue weighted by molar-refractivity contribution is 6.48. The maximum absolute atomic E-state index is 13.5. The quantitative estimate of drug-likeness (QED) is 0.250. The van der Waals surface area contributed by atoms with Gasteiger partial charge in [0.1, 0.15) is 0 Å². The van der Waals surface area contributed by atoms with Gasteiger partial charge in [0.25, 0.3) is 0 Å². The smallest absolute Gasteiger partial charge is 0.319 e. The number of anilines is 1. The van der Waals surface area contributed by atoms with E-state index in [9.17, 15) is 4.79 Å². The summed E-state index contributed by atoms with van der Waals surface area (Å²) in [5.41, 5.74) is 1.93. The van der Waals surface area contributed by atoms with Gasteiger partial charge in [0.05, 0.1) is 33.1 Å². The molecule has 4 rings (SSSR count). The Bertz CT molecular complexity index is 1210. The molecular weight excluding hydrogens is 594 g/mol. The lowest BCUT2D eigenvalue weighted by Gasteiger charge is -2.39. The van der Waals surface area contributed by atoms with Crippen molar-refractivity contribution < 1.29 is 23.4 Å². The maximum Gasteiger partial charge on any atom is 0.319 e. The van der Waals surface area contributed by atoms with E-state index in [4.69, 9.17) is 30.2 Å². The van der Waals surface area contributed by atoms with Gasteiger partial charge in [-0.2, -0.15) is 0 Å². The Hall–Kier alpha value is -2.46. The van der Waals surface area contributed by atoms with Crippen molar-refractivity contribution >= 4 is 32.4 Å². The van der Waals surface area contributed by atoms with Crippen LogP contribution in [-0.2, 0) is 10.8 Å². The largest absolute Gasteiger partial charge is 0.493 e. The summed E-state index contributed by atoms with van der Waals surface area (Å²) in [6.45, 7) is 13.3. The molecule has 4 atom stereocenters. The number of piperidine rings is 1. The summed E-state index contributed by atoms with van der Waals surface area (Å²) in [5.74, 6) is 2.47. The molecule has 8 nitrogen and oxygen atoms in total. The third-order valence-electron chi connectivity index (χ3n) is 9.00. The molecule has 1 heterocycles. The Morgan fingerprint density at radius 3 is 2.14 bits per heavy atom. The number of likely N-dealkylation sites (tertiary alicyclic amines) is 1. The molecular formula is C34H51ClN3O5Si. The van der Waals surface area contributed by atoms with Gasteiger partial charge in [0.2, 0.25) is 14.8 Å². The molecule has 2 fully saturated rings. The molecule has 1 saturated heterocycles. The first-order valence-corrected chi connectivity index (χ1v) is 18.5. The molecule has 1 saturated carbocycles. The number of halogens is 1. The Labute approximate surface area is 270 Å². The Morgan fingerprint density at radius 1 is 1.00 bits per heavy atom. The van der Waals surface area contributed by atoms with E-state index >= 15 is 0 Å². The van der Waals surface area contributed by atoms with E-state index in [1.54, 1.807) is 33.5 Å². The zero-order chi connectivity index (χ0) is 32.0. The van der Waals surface area contributed by atoms with E-state index in [1.165, 1.54) is 5.56 Å². The van der Waals surface area contributed by atoms with Gasteiger partial charge < -0.3 is 29.3 Å². The van der Waals surface area contributed by atoms with Gasteiger partial charge in [0.15, 0.2) is 11.5 Å². The van der Waals surface area contributed by atoms with Crippen LogP contribution in [0.1, 0.15) is 52.0 Å². The Kier molecular flexibility index (Phi) is 11.9. The lowest BCUT2D eigenvalue weighted by atomic mass is 9.80. The second-order valence-corrected chi connectivity index (χ2v) is 16.0. The monoisotopic (exact) mass is 644 g/mol. The lowest BCUT2D eigenvalue weighted by molar-refractivity contribution is 0.0302. The highest BCUT2D eigenvalue weighted by Gasteiger charge is 2.45. The van der Waals surface area contributed by atoms with Crippen LogP contribution in [0, 0.1) is 17.3 Å². The van der Waals surface area contributed by atoms with Crippen molar-refractivity contribution in [1.82, 2.24) is 10.2 Å². The van der Waals surface area contributed by atoms with Gasteiger partial charge in [-0.1, -0.05) is 44.5 Å². The summed E-state index contributed by atoms with van der Waals surface area (Å²) >= 11 is 6.11. The van der Waals surface area contributed by atoms with E-state index in [2.05, 4.69) is 61.5 Å². The van der Waals surface area contributed by atoms with Gasteiger partial charge in [-0.25, -0.2) is 4.79 Å². The third kappa shape index (κ3) is 8.83. The van der Waals surface area contributed by atoms with E-state index in [-0.39, 0.29) is 29.6 Å². The van der Waals surface area contributed by atoms with Gasteiger partial charge in [-0.15, -0.1) is 0 Å². The highest BCUT2D eigenvalue weighted by atomic mass is 35.5. The SMILES string of the molecule is COc1cc(NC(=O)N[C@@H]2C[C@H](C(O[Si](C)C)C(C)(C)C)C[C@H]2N2CCC(Cc3ccc(Cl)cc3)CC2)cc(OC)c1OC. The maximum atomic E-state index is 13.5. The zero-order valence-corrected chi connectivity index (χ0v) is 29.4. The summed E-state index contributed by atoms with van der Waals surface area (Å²) in [4.78, 5) is 16.1. The third-order valence-corrected chi connectivity index (χ3v) is 9.98. The molecule has 1 unspecified atom stereocenters. The van der Waals surface area contributed by atoms with Gasteiger partial charge >= 0.3 is 6.03 Å². The molecule has 1 radical (unpaired) electrons. The van der Waals surface area contributed by atoms with E-state index < -0.39 is 9.04 Å². The molecule has 2 aliphatic rings. The normalized spacial score (nSPS) is 22.1.